The fourth-order valence-electron chi connectivity index (χ4n) is 1.64. The van der Waals surface area contributed by atoms with E-state index in [4.69, 9.17) is 0 Å². The van der Waals surface area contributed by atoms with E-state index in [-0.39, 0.29) is 11.9 Å². The van der Waals surface area contributed by atoms with Crippen LogP contribution in [0.4, 0.5) is 5.69 Å². The highest BCUT2D eigenvalue weighted by atomic mass is 127. The number of benzene rings is 1. The van der Waals surface area contributed by atoms with Crippen molar-refractivity contribution in [1.82, 2.24) is 5.32 Å². The maximum absolute atomic E-state index is 11.7. The van der Waals surface area contributed by atoms with E-state index in [9.17, 15) is 4.79 Å². The number of halogens is 2. The van der Waals surface area contributed by atoms with Gasteiger partial charge in [0, 0.05) is 19.8 Å². The maximum atomic E-state index is 11.7. The molecule has 0 bridgehead atoms. The highest BCUT2D eigenvalue weighted by Crippen LogP contribution is 2.24. The summed E-state index contributed by atoms with van der Waals surface area (Å²) in [6.07, 6.45) is 2.09. The Labute approximate surface area is 130 Å². The molecule has 1 unspecified atom stereocenters. The van der Waals surface area contributed by atoms with Gasteiger partial charge in [-0.1, -0.05) is 13.3 Å². The molecule has 5 heteroatoms. The molecule has 0 saturated heterocycles. The van der Waals surface area contributed by atoms with Gasteiger partial charge in [-0.2, -0.15) is 0 Å². The van der Waals surface area contributed by atoms with Crippen LogP contribution in [0.1, 0.15) is 26.7 Å². The first-order valence-electron chi connectivity index (χ1n) is 6.01. The zero-order valence-electron chi connectivity index (χ0n) is 10.6. The van der Waals surface area contributed by atoms with Crippen molar-refractivity contribution in [3.05, 3.63) is 26.2 Å². The van der Waals surface area contributed by atoms with E-state index in [0.717, 1.165) is 26.6 Å². The predicted octanol–water partition coefficient (Wildman–Crippen LogP) is 3.77. The number of carbonyl (C=O) groups excluding carboxylic acids is 1. The molecule has 18 heavy (non-hydrogen) atoms. The molecule has 0 spiro atoms. The Hall–Kier alpha value is -0.300. The molecule has 0 heterocycles. The summed E-state index contributed by atoms with van der Waals surface area (Å²) in [7, 11) is 0. The van der Waals surface area contributed by atoms with E-state index < -0.39 is 0 Å². The van der Waals surface area contributed by atoms with E-state index in [0.29, 0.717) is 6.54 Å². The van der Waals surface area contributed by atoms with Gasteiger partial charge in [-0.3, -0.25) is 4.79 Å². The Morgan fingerprint density at radius 3 is 2.83 bits per heavy atom. The molecule has 0 saturated carbocycles. The molecule has 0 aliphatic rings. The summed E-state index contributed by atoms with van der Waals surface area (Å²) in [5, 5.41) is 6.09. The Balaban J connectivity index is 2.42. The van der Waals surface area contributed by atoms with Crippen molar-refractivity contribution in [2.24, 2.45) is 0 Å². The van der Waals surface area contributed by atoms with E-state index in [1.807, 2.05) is 25.1 Å². The lowest BCUT2D eigenvalue weighted by Crippen LogP contribution is -2.36. The van der Waals surface area contributed by atoms with Crippen LogP contribution in [0.3, 0.4) is 0 Å². The van der Waals surface area contributed by atoms with Crippen molar-refractivity contribution in [1.29, 1.82) is 0 Å². The second kappa shape index (κ2) is 7.99. The van der Waals surface area contributed by atoms with E-state index >= 15 is 0 Å². The fraction of sp³-hybridized carbons (Fsp3) is 0.462. The van der Waals surface area contributed by atoms with Crippen LogP contribution in [0.25, 0.3) is 0 Å². The summed E-state index contributed by atoms with van der Waals surface area (Å²) in [4.78, 5) is 11.7. The topological polar surface area (TPSA) is 41.1 Å². The number of carbonyl (C=O) groups is 1. The normalized spacial score (nSPS) is 12.0. The highest BCUT2D eigenvalue weighted by Gasteiger charge is 2.07. The number of rotatable bonds is 6. The minimum Gasteiger partial charge on any atom is -0.375 e. The lowest BCUT2D eigenvalue weighted by molar-refractivity contribution is -0.120. The van der Waals surface area contributed by atoms with E-state index in [2.05, 4.69) is 56.1 Å². The van der Waals surface area contributed by atoms with Gasteiger partial charge in [-0.25, -0.2) is 0 Å². The largest absolute Gasteiger partial charge is 0.375 e. The molecule has 0 aromatic heterocycles. The molecule has 1 amide bonds. The van der Waals surface area contributed by atoms with E-state index in [1.165, 1.54) is 0 Å². The predicted molar refractivity (Wildman–Crippen MR) is 87.9 cm³/mol. The Bertz CT molecular complexity index is 412. The third-order valence-electron chi connectivity index (χ3n) is 2.50. The molecular weight excluding hydrogens is 407 g/mol. The summed E-state index contributed by atoms with van der Waals surface area (Å²) < 4.78 is 2.13. The minimum atomic E-state index is 0.0291. The van der Waals surface area contributed by atoms with Gasteiger partial charge in [-0.15, -0.1) is 0 Å². The summed E-state index contributed by atoms with van der Waals surface area (Å²) in [5.41, 5.74) is 0.939. The van der Waals surface area contributed by atoms with Crippen LogP contribution in [-0.4, -0.2) is 18.5 Å². The average molecular weight is 425 g/mol. The van der Waals surface area contributed by atoms with Crippen molar-refractivity contribution in [2.75, 3.05) is 11.9 Å². The maximum Gasteiger partial charge on any atom is 0.239 e. The monoisotopic (exact) mass is 424 g/mol. The van der Waals surface area contributed by atoms with Crippen molar-refractivity contribution in [2.45, 2.75) is 32.7 Å². The molecule has 1 rings (SSSR count). The number of nitrogens with one attached hydrogen (secondary N) is 2. The Morgan fingerprint density at radius 1 is 1.50 bits per heavy atom. The van der Waals surface area contributed by atoms with Crippen LogP contribution in [0, 0.1) is 3.57 Å². The lowest BCUT2D eigenvalue weighted by Gasteiger charge is -2.14. The van der Waals surface area contributed by atoms with Gasteiger partial charge >= 0.3 is 0 Å². The van der Waals surface area contributed by atoms with Gasteiger partial charge in [0.1, 0.15) is 0 Å². The van der Waals surface area contributed by atoms with Crippen molar-refractivity contribution in [3.8, 4) is 0 Å². The molecule has 3 nitrogen and oxygen atoms in total. The molecule has 2 N–H and O–H groups in total. The summed E-state index contributed by atoms with van der Waals surface area (Å²) in [6, 6.07) is 6.23. The van der Waals surface area contributed by atoms with Gasteiger partial charge in [0.05, 0.1) is 6.54 Å². The van der Waals surface area contributed by atoms with Gasteiger partial charge in [0.25, 0.3) is 0 Å². The molecule has 0 aliphatic heterocycles. The van der Waals surface area contributed by atoms with Crippen LogP contribution >= 0.6 is 38.5 Å². The van der Waals surface area contributed by atoms with Crippen molar-refractivity contribution >= 4 is 50.1 Å². The molecule has 1 aromatic carbocycles. The first-order chi connectivity index (χ1) is 8.52. The highest BCUT2D eigenvalue weighted by molar-refractivity contribution is 14.1. The number of hydrogen-bond donors (Lipinski definition) is 2. The van der Waals surface area contributed by atoms with Gasteiger partial charge in [0.15, 0.2) is 0 Å². The molecular formula is C13H18BrIN2O. The quantitative estimate of drug-likeness (QED) is 0.682. The van der Waals surface area contributed by atoms with Crippen LogP contribution in [0.2, 0.25) is 0 Å². The van der Waals surface area contributed by atoms with Crippen LogP contribution in [0.15, 0.2) is 22.7 Å². The number of anilines is 1. The molecule has 0 radical (unpaired) electrons. The lowest BCUT2D eigenvalue weighted by atomic mass is 10.2. The minimum absolute atomic E-state index is 0.0291. The van der Waals surface area contributed by atoms with Crippen molar-refractivity contribution < 1.29 is 4.79 Å². The molecule has 100 valence electrons. The first kappa shape index (κ1) is 15.8. The van der Waals surface area contributed by atoms with Gasteiger partial charge < -0.3 is 10.6 Å². The number of amides is 1. The third-order valence-corrected chi connectivity index (χ3v) is 3.83. The molecule has 0 fully saturated rings. The van der Waals surface area contributed by atoms with Crippen LogP contribution in [0.5, 0.6) is 0 Å². The van der Waals surface area contributed by atoms with Gasteiger partial charge in [-0.05, 0) is 70.1 Å². The van der Waals surface area contributed by atoms with Crippen LogP contribution in [-0.2, 0) is 4.79 Å². The molecule has 1 aromatic rings. The average Bonchev–Trinajstić information content (AvgIpc) is 2.28. The summed E-state index contributed by atoms with van der Waals surface area (Å²) in [6.45, 7) is 4.44. The smallest absolute Gasteiger partial charge is 0.239 e. The zero-order valence-corrected chi connectivity index (χ0v) is 14.3. The van der Waals surface area contributed by atoms with E-state index in [1.54, 1.807) is 0 Å². The third kappa shape index (κ3) is 5.56. The zero-order chi connectivity index (χ0) is 13.5. The summed E-state index contributed by atoms with van der Waals surface area (Å²) >= 11 is 5.73. The van der Waals surface area contributed by atoms with Gasteiger partial charge in [0.2, 0.25) is 5.91 Å². The first-order valence-corrected chi connectivity index (χ1v) is 7.88. The fourth-order valence-corrected chi connectivity index (χ4v) is 3.08. The SMILES string of the molecule is CCCC(C)NC(=O)CNc1ccc(I)cc1Br. The second-order valence-electron chi connectivity index (χ2n) is 4.23. The standard InChI is InChI=1S/C13H18BrIN2O/c1-3-4-9(2)17-13(18)8-16-12-6-5-10(15)7-11(12)14/h5-7,9,16H,3-4,8H2,1-2H3,(H,17,18). The molecule has 0 aliphatic carbocycles. The number of hydrogen-bond acceptors (Lipinski definition) is 2. The second-order valence-corrected chi connectivity index (χ2v) is 6.33. The summed E-state index contributed by atoms with van der Waals surface area (Å²) in [5.74, 6) is 0.0291. The Morgan fingerprint density at radius 2 is 2.22 bits per heavy atom. The molecule has 1 atom stereocenters. The van der Waals surface area contributed by atoms with Crippen LogP contribution < -0.4 is 10.6 Å². The Kier molecular flexibility index (Phi) is 6.99. The van der Waals surface area contributed by atoms with Crippen molar-refractivity contribution in [3.63, 3.8) is 0 Å².